The Morgan fingerprint density at radius 2 is 0.730 bits per heavy atom. The summed E-state index contributed by atoms with van der Waals surface area (Å²) in [6, 6.07) is 74.2. The van der Waals surface area contributed by atoms with E-state index < -0.39 is 0 Å². The Kier molecular flexibility index (Phi) is 7.80. The van der Waals surface area contributed by atoms with Gasteiger partial charge in [0.15, 0.2) is 28.6 Å². The fourth-order valence-corrected chi connectivity index (χ4v) is 9.52. The fraction of sp³-hybridized carbons (Fsp3) is 0. The molecule has 0 amide bonds. The van der Waals surface area contributed by atoms with E-state index in [1.54, 1.807) is 0 Å². The number of rotatable bonds is 6. The molecule has 9 aromatic carbocycles. The van der Waals surface area contributed by atoms with Crippen LogP contribution in [0.5, 0.6) is 0 Å². The highest BCUT2D eigenvalue weighted by molar-refractivity contribution is 6.26. The van der Waals surface area contributed by atoms with Gasteiger partial charge < -0.3 is 13.6 Å². The number of fused-ring (bicyclic) bond motifs is 11. The van der Waals surface area contributed by atoms with Crippen LogP contribution in [0.1, 0.15) is 0 Å². The van der Waals surface area contributed by atoms with Gasteiger partial charge in [-0.3, -0.25) is 0 Å². The topological polar surface area (TPSA) is 61.7 Å². The van der Waals surface area contributed by atoms with Crippen molar-refractivity contribution in [2.24, 2.45) is 0 Å². The zero-order valence-corrected chi connectivity index (χ0v) is 33.9. The van der Waals surface area contributed by atoms with Crippen molar-refractivity contribution >= 4 is 65.6 Å². The van der Waals surface area contributed by atoms with E-state index in [2.05, 4.69) is 185 Å². The molecule has 0 saturated carbocycles. The molecule has 13 aromatic rings. The van der Waals surface area contributed by atoms with Gasteiger partial charge in [0.1, 0.15) is 0 Å². The standard InChI is InChI=1S/C57H35N5O/c1-4-16-36(17-5-1)37-28-30-39(31-29-37)56-58-55(38-18-6-2-7-19-38)59-57(60-56)47-24-12-15-27-50(47)62-49-26-14-11-23-42(49)44-33-35-46-45-34-32-43-41-22-10-13-25-48(41)61(40-20-8-3-9-21-40)51(43)53(45)63-54(46)52(44)62/h1-35H. The lowest BCUT2D eigenvalue weighted by Gasteiger charge is -2.14. The molecule has 13 rings (SSSR count). The molecular weight excluding hydrogens is 771 g/mol. The molecule has 0 aliphatic carbocycles. The van der Waals surface area contributed by atoms with E-state index in [4.69, 9.17) is 19.4 Å². The second-order valence-corrected chi connectivity index (χ2v) is 16.0. The molecule has 0 aliphatic heterocycles. The number of furan rings is 1. The first-order chi connectivity index (χ1) is 31.3. The molecule has 0 N–H and O–H groups in total. The van der Waals surface area contributed by atoms with Crippen molar-refractivity contribution in [2.45, 2.75) is 0 Å². The van der Waals surface area contributed by atoms with Crippen LogP contribution in [0.4, 0.5) is 0 Å². The third-order valence-corrected chi connectivity index (χ3v) is 12.4. The Morgan fingerprint density at radius 1 is 0.302 bits per heavy atom. The van der Waals surface area contributed by atoms with Crippen molar-refractivity contribution < 1.29 is 4.42 Å². The van der Waals surface area contributed by atoms with Crippen LogP contribution in [0, 0.1) is 0 Å². The van der Waals surface area contributed by atoms with Gasteiger partial charge in [-0.1, -0.05) is 164 Å². The highest BCUT2D eigenvalue weighted by Crippen LogP contribution is 2.45. The maximum Gasteiger partial charge on any atom is 0.166 e. The van der Waals surface area contributed by atoms with Crippen molar-refractivity contribution in [1.29, 1.82) is 0 Å². The molecule has 0 unspecified atom stereocenters. The molecule has 0 fully saturated rings. The minimum atomic E-state index is 0.582. The Morgan fingerprint density at radius 3 is 1.37 bits per heavy atom. The summed E-state index contributed by atoms with van der Waals surface area (Å²) in [5.74, 6) is 1.80. The molecule has 4 heterocycles. The fourth-order valence-electron chi connectivity index (χ4n) is 9.52. The van der Waals surface area contributed by atoms with Crippen LogP contribution in [-0.2, 0) is 0 Å². The van der Waals surface area contributed by atoms with Crippen molar-refractivity contribution in [3.05, 3.63) is 212 Å². The van der Waals surface area contributed by atoms with E-state index in [0.29, 0.717) is 17.5 Å². The highest BCUT2D eigenvalue weighted by atomic mass is 16.3. The molecule has 6 nitrogen and oxygen atoms in total. The molecule has 0 spiro atoms. The first-order valence-corrected chi connectivity index (χ1v) is 21.2. The van der Waals surface area contributed by atoms with Crippen molar-refractivity contribution in [1.82, 2.24) is 24.1 Å². The van der Waals surface area contributed by atoms with Gasteiger partial charge in [-0.05, 0) is 59.7 Å². The molecule has 294 valence electrons. The Labute approximate surface area is 361 Å². The molecular formula is C57H35N5O. The smallest absolute Gasteiger partial charge is 0.166 e. The lowest BCUT2D eigenvalue weighted by Crippen LogP contribution is -2.03. The number of aromatic nitrogens is 5. The van der Waals surface area contributed by atoms with Gasteiger partial charge in [0.05, 0.1) is 27.8 Å². The second-order valence-electron chi connectivity index (χ2n) is 16.0. The predicted octanol–water partition coefficient (Wildman–Crippen LogP) is 14.6. The van der Waals surface area contributed by atoms with Crippen LogP contribution in [0.3, 0.4) is 0 Å². The molecule has 4 aromatic heterocycles. The van der Waals surface area contributed by atoms with Crippen LogP contribution in [0.25, 0.3) is 122 Å². The monoisotopic (exact) mass is 805 g/mol. The lowest BCUT2D eigenvalue weighted by atomic mass is 10.0. The maximum absolute atomic E-state index is 7.32. The van der Waals surface area contributed by atoms with Crippen molar-refractivity contribution in [2.75, 3.05) is 0 Å². The van der Waals surface area contributed by atoms with Crippen molar-refractivity contribution in [3.8, 4) is 56.7 Å². The normalized spacial score (nSPS) is 11.8. The summed E-state index contributed by atoms with van der Waals surface area (Å²) in [7, 11) is 0. The Hall–Kier alpha value is -8.61. The Bertz CT molecular complexity index is 3890. The van der Waals surface area contributed by atoms with E-state index >= 15 is 0 Å². The molecule has 0 saturated heterocycles. The van der Waals surface area contributed by atoms with Gasteiger partial charge in [-0.2, -0.15) is 0 Å². The summed E-state index contributed by atoms with van der Waals surface area (Å²) in [5.41, 5.74) is 12.9. The minimum Gasteiger partial charge on any atom is -0.452 e. The van der Waals surface area contributed by atoms with E-state index in [1.807, 2.05) is 36.4 Å². The summed E-state index contributed by atoms with van der Waals surface area (Å²) in [6.07, 6.45) is 0. The molecule has 0 aliphatic rings. The molecule has 63 heavy (non-hydrogen) atoms. The van der Waals surface area contributed by atoms with Gasteiger partial charge in [0.25, 0.3) is 0 Å². The SMILES string of the molecule is c1ccc(-c2ccc(-c3nc(-c4ccccc4)nc(-c4ccccc4-n4c5ccccc5c5ccc6c7ccc8c9ccccc9n(-c9ccccc9)c8c7oc6c54)n3)cc2)cc1. The quantitative estimate of drug-likeness (QED) is 0.168. The maximum atomic E-state index is 7.32. The highest BCUT2D eigenvalue weighted by Gasteiger charge is 2.25. The van der Waals surface area contributed by atoms with E-state index in [9.17, 15) is 0 Å². The first kappa shape index (κ1) is 35.2. The average Bonchev–Trinajstić information content (AvgIpc) is 4.03. The average molecular weight is 806 g/mol. The van der Waals surface area contributed by atoms with Crippen LogP contribution < -0.4 is 0 Å². The third-order valence-electron chi connectivity index (χ3n) is 12.4. The molecule has 0 bridgehead atoms. The van der Waals surface area contributed by atoms with Gasteiger partial charge in [0, 0.05) is 54.7 Å². The van der Waals surface area contributed by atoms with Gasteiger partial charge in [-0.15, -0.1) is 0 Å². The van der Waals surface area contributed by atoms with Gasteiger partial charge in [0.2, 0.25) is 0 Å². The van der Waals surface area contributed by atoms with Crippen LogP contribution >= 0.6 is 0 Å². The summed E-state index contributed by atoms with van der Waals surface area (Å²) in [6.45, 7) is 0. The predicted molar refractivity (Wildman–Crippen MR) is 258 cm³/mol. The largest absolute Gasteiger partial charge is 0.452 e. The summed E-state index contributed by atoms with van der Waals surface area (Å²) >= 11 is 0. The van der Waals surface area contributed by atoms with E-state index in [1.165, 1.54) is 5.39 Å². The minimum absolute atomic E-state index is 0.582. The molecule has 0 atom stereocenters. The van der Waals surface area contributed by atoms with Crippen LogP contribution in [0.2, 0.25) is 0 Å². The summed E-state index contributed by atoms with van der Waals surface area (Å²) < 4.78 is 12.0. The zero-order valence-electron chi connectivity index (χ0n) is 33.9. The van der Waals surface area contributed by atoms with Gasteiger partial charge >= 0.3 is 0 Å². The third kappa shape index (κ3) is 5.48. The first-order valence-electron chi connectivity index (χ1n) is 21.2. The number of benzene rings is 9. The number of para-hydroxylation sites is 4. The number of nitrogens with zero attached hydrogens (tertiary/aromatic N) is 5. The summed E-state index contributed by atoms with van der Waals surface area (Å²) in [5, 5.41) is 6.69. The van der Waals surface area contributed by atoms with E-state index in [0.717, 1.165) is 99.4 Å². The molecule has 6 heteroatoms. The Balaban J connectivity index is 1.07. The van der Waals surface area contributed by atoms with Gasteiger partial charge in [-0.25, -0.2) is 15.0 Å². The second kappa shape index (κ2) is 14.0. The number of hydrogen-bond acceptors (Lipinski definition) is 4. The lowest BCUT2D eigenvalue weighted by molar-refractivity contribution is 0.673. The zero-order chi connectivity index (χ0) is 41.4. The van der Waals surface area contributed by atoms with Crippen LogP contribution in [-0.4, -0.2) is 24.1 Å². The molecule has 0 radical (unpaired) electrons. The number of hydrogen-bond donors (Lipinski definition) is 0. The summed E-state index contributed by atoms with van der Waals surface area (Å²) in [4.78, 5) is 15.6. The van der Waals surface area contributed by atoms with Crippen LogP contribution in [0.15, 0.2) is 217 Å². The van der Waals surface area contributed by atoms with E-state index in [-0.39, 0.29) is 0 Å². The van der Waals surface area contributed by atoms with Crippen molar-refractivity contribution in [3.63, 3.8) is 0 Å².